The Hall–Kier alpha value is -3.98. The molecule has 2 aromatic heterocycles. The fraction of sp³-hybridized carbons (Fsp3) is 0.344. The van der Waals surface area contributed by atoms with Crippen LogP contribution < -0.4 is 34.2 Å². The van der Waals surface area contributed by atoms with Crippen molar-refractivity contribution in [2.45, 2.75) is 44.8 Å². The average molecular weight is 619 g/mol. The molecule has 5 heterocycles. The van der Waals surface area contributed by atoms with Crippen molar-refractivity contribution in [1.29, 1.82) is 0 Å². The van der Waals surface area contributed by atoms with Crippen LogP contribution >= 0.6 is 11.3 Å². The molecule has 4 aromatic rings. The Morgan fingerprint density at radius 1 is 1.11 bits per heavy atom. The number of carbonyl (C=O) groups excluding carboxylic acids is 3. The van der Waals surface area contributed by atoms with Crippen molar-refractivity contribution in [1.82, 2.24) is 19.4 Å². The Bertz CT molecular complexity index is 1810. The number of hydrogen-bond donors (Lipinski definition) is 1. The molecule has 1 aliphatic carbocycles. The van der Waals surface area contributed by atoms with Gasteiger partial charge in [0.2, 0.25) is 0 Å². The van der Waals surface area contributed by atoms with E-state index in [1.165, 1.54) is 22.3 Å². The van der Waals surface area contributed by atoms with Crippen molar-refractivity contribution < 1.29 is 42.7 Å². The van der Waals surface area contributed by atoms with Crippen LogP contribution in [0.1, 0.15) is 52.6 Å². The van der Waals surface area contributed by atoms with Gasteiger partial charge in [0.1, 0.15) is 5.82 Å². The quantitative estimate of drug-likeness (QED) is 0.298. The van der Waals surface area contributed by atoms with Crippen LogP contribution in [0.3, 0.4) is 0 Å². The van der Waals surface area contributed by atoms with Crippen LogP contribution in [0.15, 0.2) is 54.3 Å². The number of nitrogens with one attached hydrogen (secondary N) is 1. The number of carbonyl (C=O) groups is 3. The number of imidazole rings is 1. The molecule has 8 rings (SSSR count). The third-order valence-corrected chi connectivity index (χ3v) is 10.3. The minimum Gasteiger partial charge on any atom is -0.550 e. The first kappa shape index (κ1) is 29.7. The molecule has 2 amide bonds. The second-order valence-corrected chi connectivity index (χ2v) is 13.2. The van der Waals surface area contributed by atoms with Gasteiger partial charge in [-0.3, -0.25) is 14.9 Å². The van der Waals surface area contributed by atoms with Crippen molar-refractivity contribution in [3.05, 3.63) is 82.6 Å². The van der Waals surface area contributed by atoms with E-state index >= 15 is 4.39 Å². The van der Waals surface area contributed by atoms with Crippen LogP contribution in [0.25, 0.3) is 11.1 Å². The van der Waals surface area contributed by atoms with E-state index in [2.05, 4.69) is 20.2 Å². The van der Waals surface area contributed by atoms with Gasteiger partial charge >= 0.3 is 18.9 Å². The van der Waals surface area contributed by atoms with Gasteiger partial charge in [0, 0.05) is 65.1 Å². The molecular weight excluding hydrogens is 590 g/mol. The van der Waals surface area contributed by atoms with Gasteiger partial charge in [-0.1, -0.05) is 12.1 Å². The van der Waals surface area contributed by atoms with Gasteiger partial charge in [-0.05, 0) is 67.0 Å². The summed E-state index contributed by atoms with van der Waals surface area (Å²) in [4.78, 5) is 51.0. The summed E-state index contributed by atoms with van der Waals surface area (Å²) in [7, 11) is 0. The number of thiazole rings is 1. The molecule has 1 spiro atoms. The zero-order valence-electron chi connectivity index (χ0n) is 24.7. The van der Waals surface area contributed by atoms with E-state index in [9.17, 15) is 19.5 Å². The molecule has 224 valence electrons. The number of nitrogens with zero attached hydrogens (tertiary/aromatic N) is 5. The summed E-state index contributed by atoms with van der Waals surface area (Å²) in [5, 5.41) is 16.1. The number of rotatable bonds is 7. The third-order valence-electron chi connectivity index (χ3n) is 9.60. The van der Waals surface area contributed by atoms with Crippen LogP contribution in [-0.4, -0.2) is 50.3 Å². The molecule has 10 nitrogen and oxygen atoms in total. The normalized spacial score (nSPS) is 18.6. The molecule has 4 aliphatic rings. The number of amides is 2. The number of hydrogen-bond acceptors (Lipinski definition) is 8. The predicted octanol–water partition coefficient (Wildman–Crippen LogP) is 0.398. The molecule has 1 saturated heterocycles. The number of carboxylic acid groups (broad SMARTS) is 1. The number of carboxylic acids is 1. The van der Waals surface area contributed by atoms with Gasteiger partial charge in [-0.25, -0.2) is 14.4 Å². The number of anilines is 2. The fourth-order valence-electron chi connectivity index (χ4n) is 7.39. The van der Waals surface area contributed by atoms with Crippen LogP contribution in [0.2, 0.25) is 0 Å². The summed E-state index contributed by atoms with van der Waals surface area (Å²) < 4.78 is 17.6. The Labute approximate surface area is 274 Å². The maximum absolute atomic E-state index is 15.6. The molecule has 0 bridgehead atoms. The number of aryl methyl sites for hydroxylation is 1. The topological polar surface area (TPSA) is 123 Å². The molecule has 1 unspecified atom stereocenters. The van der Waals surface area contributed by atoms with Crippen LogP contribution in [0.4, 0.5) is 15.2 Å². The van der Waals surface area contributed by atoms with E-state index in [1.807, 2.05) is 28.8 Å². The maximum Gasteiger partial charge on any atom is 1.00 e. The SMILES string of the molecule is O=C([O-])C1CC2(C1)CN(c1ccc(-c3cc(F)c4c(c3)C(=O)N(C(C(=O)Nc3nccs3)c3ncn5c3CCC5)C4)cc1)C2.[Li+]. The van der Waals surface area contributed by atoms with Gasteiger partial charge in [0.15, 0.2) is 11.2 Å². The summed E-state index contributed by atoms with van der Waals surface area (Å²) in [6.45, 7) is 2.38. The zero-order valence-corrected chi connectivity index (χ0v) is 25.5. The molecule has 0 radical (unpaired) electrons. The standard InChI is InChI=1S/C32H29FN6O4S.Li/c33-24-11-19(18-3-5-21(6-4-18)38-15-32(16-38)12-20(13-32)30(42)43)10-22-23(24)14-39(29(22)41)27(28(40)36-31-34-7-9-44-31)26-25-2-1-8-37(25)17-35-26;/h3-7,9-11,17,20,27H,1-2,8,12-16H2,(H,42,43)(H,34,36,40);/q;+1/p-1. The smallest absolute Gasteiger partial charge is 0.550 e. The first-order chi connectivity index (χ1) is 21.3. The van der Waals surface area contributed by atoms with Crippen LogP contribution in [0.5, 0.6) is 0 Å². The van der Waals surface area contributed by atoms with E-state index in [4.69, 9.17) is 0 Å². The molecule has 45 heavy (non-hydrogen) atoms. The largest absolute Gasteiger partial charge is 1.00 e. The van der Waals surface area contributed by atoms with Crippen molar-refractivity contribution in [2.75, 3.05) is 23.3 Å². The van der Waals surface area contributed by atoms with Gasteiger partial charge in [-0.15, -0.1) is 11.3 Å². The number of benzene rings is 2. The zero-order chi connectivity index (χ0) is 30.2. The Balaban J connectivity index is 0.00000325. The number of fused-ring (bicyclic) bond motifs is 2. The average Bonchev–Trinajstić information content (AvgIpc) is 3.76. The van der Waals surface area contributed by atoms with E-state index in [-0.39, 0.29) is 47.9 Å². The van der Waals surface area contributed by atoms with Crippen molar-refractivity contribution >= 4 is 39.9 Å². The fourth-order valence-corrected chi connectivity index (χ4v) is 7.92. The van der Waals surface area contributed by atoms with Crippen molar-refractivity contribution in [3.8, 4) is 11.1 Å². The van der Waals surface area contributed by atoms with Gasteiger partial charge < -0.3 is 24.3 Å². The Kier molecular flexibility index (Phi) is 7.34. The molecule has 3 aliphatic heterocycles. The van der Waals surface area contributed by atoms with Crippen molar-refractivity contribution in [3.63, 3.8) is 0 Å². The monoisotopic (exact) mass is 618 g/mol. The molecule has 1 atom stereocenters. The molecular formula is C32H28FLiN6O4S. The summed E-state index contributed by atoms with van der Waals surface area (Å²) in [5.41, 5.74) is 4.36. The summed E-state index contributed by atoms with van der Waals surface area (Å²) in [6.07, 6.45) is 6.30. The minimum absolute atomic E-state index is 0. The third kappa shape index (κ3) is 4.96. The van der Waals surface area contributed by atoms with Gasteiger partial charge in [0.25, 0.3) is 11.8 Å². The summed E-state index contributed by atoms with van der Waals surface area (Å²) >= 11 is 1.28. The number of halogens is 1. The number of aliphatic carboxylic acids is 1. The molecule has 1 saturated carbocycles. The van der Waals surface area contributed by atoms with E-state index in [0.29, 0.717) is 29.2 Å². The second-order valence-electron chi connectivity index (χ2n) is 12.3. The molecule has 1 N–H and O–H groups in total. The van der Waals surface area contributed by atoms with E-state index < -0.39 is 29.6 Å². The predicted molar refractivity (Wildman–Crippen MR) is 158 cm³/mol. The minimum atomic E-state index is -1.03. The van der Waals surface area contributed by atoms with Gasteiger partial charge in [-0.2, -0.15) is 0 Å². The van der Waals surface area contributed by atoms with E-state index in [0.717, 1.165) is 49.4 Å². The Morgan fingerprint density at radius 3 is 2.60 bits per heavy atom. The number of aromatic nitrogens is 3. The van der Waals surface area contributed by atoms with E-state index in [1.54, 1.807) is 24.0 Å². The van der Waals surface area contributed by atoms with Crippen molar-refractivity contribution in [2.24, 2.45) is 11.3 Å². The first-order valence-electron chi connectivity index (χ1n) is 14.7. The molecule has 2 fully saturated rings. The van der Waals surface area contributed by atoms with Crippen LogP contribution in [0, 0.1) is 17.2 Å². The van der Waals surface area contributed by atoms with Gasteiger partial charge in [0.05, 0.1) is 18.6 Å². The molecule has 2 aromatic carbocycles. The summed E-state index contributed by atoms with van der Waals surface area (Å²) in [5.74, 6) is -2.64. The Morgan fingerprint density at radius 2 is 1.89 bits per heavy atom. The molecule has 13 heteroatoms. The maximum atomic E-state index is 15.6. The first-order valence-corrected chi connectivity index (χ1v) is 15.6. The summed E-state index contributed by atoms with van der Waals surface area (Å²) in [6, 6.07) is 9.85. The van der Waals surface area contributed by atoms with Crippen LogP contribution in [-0.2, 0) is 29.1 Å². The second kappa shape index (κ2) is 11.1.